The monoisotopic (exact) mass is 470 g/mol. The molecule has 1 amide bonds. The lowest BCUT2D eigenvalue weighted by Gasteiger charge is -2.14. The summed E-state index contributed by atoms with van der Waals surface area (Å²) in [6, 6.07) is 16.5. The number of carbonyl (C=O) groups excluding carboxylic acids is 1. The van der Waals surface area contributed by atoms with Gasteiger partial charge in [0.05, 0.1) is 29.8 Å². The number of carbonyl (C=O) groups is 2. The molecule has 0 aliphatic carbocycles. The standard InChI is InChI=1S/C26H19FN4O4/c27-18-6-4-16(5-7-18)20-11-22-23(12-24(20)35-14-26(33)34)29-21(13-25(32)30-22)17-2-1-3-19(10-17)31-9-8-28-15-31/h1-12,15H,13-14H2,(H,30,32)(H,33,34). The molecular weight excluding hydrogens is 451 g/mol. The van der Waals surface area contributed by atoms with Crippen LogP contribution >= 0.6 is 0 Å². The van der Waals surface area contributed by atoms with Crippen LogP contribution in [0, 0.1) is 5.82 Å². The molecule has 0 saturated heterocycles. The minimum Gasteiger partial charge on any atom is -0.481 e. The Morgan fingerprint density at radius 1 is 1.11 bits per heavy atom. The minimum absolute atomic E-state index is 0.0409. The summed E-state index contributed by atoms with van der Waals surface area (Å²) in [4.78, 5) is 32.7. The van der Waals surface area contributed by atoms with Gasteiger partial charge in [0.2, 0.25) is 5.91 Å². The highest BCUT2D eigenvalue weighted by Gasteiger charge is 2.21. The number of nitrogens with zero attached hydrogens (tertiary/aromatic N) is 3. The van der Waals surface area contributed by atoms with Crippen LogP contribution in [0.1, 0.15) is 12.0 Å². The quantitative estimate of drug-likeness (QED) is 0.428. The Hall–Kier alpha value is -4.79. The molecule has 4 aromatic rings. The van der Waals surface area contributed by atoms with Gasteiger partial charge in [0.1, 0.15) is 11.6 Å². The molecule has 3 aromatic carbocycles. The van der Waals surface area contributed by atoms with Crippen molar-refractivity contribution in [3.05, 3.63) is 90.8 Å². The zero-order chi connectivity index (χ0) is 24.4. The Morgan fingerprint density at radius 2 is 1.94 bits per heavy atom. The van der Waals surface area contributed by atoms with E-state index in [9.17, 15) is 14.0 Å². The third-order valence-corrected chi connectivity index (χ3v) is 5.44. The number of ether oxygens (including phenoxy) is 1. The molecule has 0 atom stereocenters. The number of carboxylic acid groups (broad SMARTS) is 1. The van der Waals surface area contributed by atoms with Crippen molar-refractivity contribution in [1.29, 1.82) is 0 Å². The normalized spacial score (nSPS) is 12.8. The minimum atomic E-state index is -1.14. The van der Waals surface area contributed by atoms with Crippen LogP contribution in [0.3, 0.4) is 0 Å². The average molecular weight is 470 g/mol. The lowest BCUT2D eigenvalue weighted by Crippen LogP contribution is -2.15. The fourth-order valence-corrected chi connectivity index (χ4v) is 3.83. The van der Waals surface area contributed by atoms with E-state index in [1.165, 1.54) is 12.1 Å². The van der Waals surface area contributed by atoms with Crippen LogP contribution in [0.5, 0.6) is 5.75 Å². The van der Waals surface area contributed by atoms with Crippen molar-refractivity contribution >= 4 is 29.0 Å². The van der Waals surface area contributed by atoms with E-state index in [4.69, 9.17) is 14.8 Å². The SMILES string of the molecule is O=C(O)COc1cc2c(cc1-c1ccc(F)cc1)NC(=O)CC(c1cccc(-n3ccnc3)c1)=N2. The van der Waals surface area contributed by atoms with E-state index in [0.29, 0.717) is 28.2 Å². The van der Waals surface area contributed by atoms with E-state index < -0.39 is 18.4 Å². The highest BCUT2D eigenvalue weighted by molar-refractivity contribution is 6.17. The van der Waals surface area contributed by atoms with Crippen molar-refractivity contribution in [2.75, 3.05) is 11.9 Å². The number of imidazole rings is 1. The van der Waals surface area contributed by atoms with Crippen molar-refractivity contribution in [1.82, 2.24) is 9.55 Å². The maximum Gasteiger partial charge on any atom is 0.341 e. The van der Waals surface area contributed by atoms with Crippen LogP contribution in [-0.4, -0.2) is 38.9 Å². The number of hydrogen-bond donors (Lipinski definition) is 2. The number of aromatic nitrogens is 2. The predicted octanol–water partition coefficient (Wildman–Crippen LogP) is 4.60. The first kappa shape index (κ1) is 22.0. The Bertz CT molecular complexity index is 1450. The van der Waals surface area contributed by atoms with Crippen molar-refractivity contribution in [2.24, 2.45) is 4.99 Å². The molecule has 2 heterocycles. The number of nitrogens with one attached hydrogen (secondary N) is 1. The molecule has 35 heavy (non-hydrogen) atoms. The van der Waals surface area contributed by atoms with Crippen LogP contribution in [0.4, 0.5) is 15.8 Å². The fraction of sp³-hybridized carbons (Fsp3) is 0.0769. The van der Waals surface area contributed by atoms with Crippen LogP contribution < -0.4 is 10.1 Å². The molecule has 1 aliphatic rings. The van der Waals surface area contributed by atoms with Gasteiger partial charge in [-0.25, -0.2) is 19.2 Å². The van der Waals surface area contributed by atoms with Gasteiger partial charge in [0.25, 0.3) is 0 Å². The topological polar surface area (TPSA) is 106 Å². The Morgan fingerprint density at radius 3 is 2.69 bits per heavy atom. The molecule has 174 valence electrons. The zero-order valence-electron chi connectivity index (χ0n) is 18.3. The number of anilines is 1. The Labute approximate surface area is 199 Å². The van der Waals surface area contributed by atoms with Crippen LogP contribution in [0.15, 0.2) is 84.4 Å². The lowest BCUT2D eigenvalue weighted by atomic mass is 10.0. The second-order valence-corrected chi connectivity index (χ2v) is 7.86. The van der Waals surface area contributed by atoms with Crippen molar-refractivity contribution in [2.45, 2.75) is 6.42 Å². The molecule has 0 fully saturated rings. The highest BCUT2D eigenvalue weighted by Crippen LogP contribution is 2.40. The number of amides is 1. The molecule has 5 rings (SSSR count). The molecule has 0 spiro atoms. The first-order valence-electron chi connectivity index (χ1n) is 10.7. The van der Waals surface area contributed by atoms with Gasteiger partial charge in [-0.3, -0.25) is 4.79 Å². The summed E-state index contributed by atoms with van der Waals surface area (Å²) in [6.45, 7) is -0.567. The maximum absolute atomic E-state index is 13.5. The van der Waals surface area contributed by atoms with E-state index in [2.05, 4.69) is 10.3 Å². The highest BCUT2D eigenvalue weighted by atomic mass is 19.1. The van der Waals surface area contributed by atoms with E-state index in [-0.39, 0.29) is 18.1 Å². The van der Waals surface area contributed by atoms with Gasteiger partial charge in [0.15, 0.2) is 6.61 Å². The number of aliphatic carboxylic acids is 1. The summed E-state index contributed by atoms with van der Waals surface area (Å²) < 4.78 is 20.9. The number of aliphatic imine (C=N–C) groups is 1. The summed E-state index contributed by atoms with van der Waals surface area (Å²) in [6.07, 6.45) is 5.22. The Kier molecular flexibility index (Phi) is 5.80. The average Bonchev–Trinajstić information content (AvgIpc) is 3.33. The van der Waals surface area contributed by atoms with E-state index in [0.717, 1.165) is 11.3 Å². The molecular formula is C26H19FN4O4. The number of rotatable bonds is 6. The number of benzene rings is 3. The van der Waals surface area contributed by atoms with Gasteiger partial charge < -0.3 is 19.7 Å². The third kappa shape index (κ3) is 4.79. The molecule has 0 unspecified atom stereocenters. The molecule has 1 aromatic heterocycles. The second kappa shape index (κ2) is 9.22. The van der Waals surface area contributed by atoms with Gasteiger partial charge in [-0.2, -0.15) is 0 Å². The van der Waals surface area contributed by atoms with E-state index >= 15 is 0 Å². The van der Waals surface area contributed by atoms with Gasteiger partial charge >= 0.3 is 5.97 Å². The van der Waals surface area contributed by atoms with Gasteiger partial charge in [-0.1, -0.05) is 24.3 Å². The van der Waals surface area contributed by atoms with E-state index in [1.807, 2.05) is 35.0 Å². The first-order chi connectivity index (χ1) is 17.0. The summed E-state index contributed by atoms with van der Waals surface area (Å²) in [5.41, 5.74) is 4.14. The molecule has 0 radical (unpaired) electrons. The number of fused-ring (bicyclic) bond motifs is 1. The smallest absolute Gasteiger partial charge is 0.341 e. The maximum atomic E-state index is 13.5. The van der Waals surface area contributed by atoms with Crippen molar-refractivity contribution < 1.29 is 23.8 Å². The zero-order valence-corrected chi connectivity index (χ0v) is 18.3. The Balaban J connectivity index is 1.61. The number of carboxylic acids is 1. The van der Waals surface area contributed by atoms with Crippen molar-refractivity contribution in [3.63, 3.8) is 0 Å². The second-order valence-electron chi connectivity index (χ2n) is 7.86. The largest absolute Gasteiger partial charge is 0.481 e. The van der Waals surface area contributed by atoms with Gasteiger partial charge in [-0.15, -0.1) is 0 Å². The van der Waals surface area contributed by atoms with Crippen molar-refractivity contribution in [3.8, 4) is 22.6 Å². The van der Waals surface area contributed by atoms with Crippen LogP contribution in [0.25, 0.3) is 16.8 Å². The lowest BCUT2D eigenvalue weighted by molar-refractivity contribution is -0.139. The van der Waals surface area contributed by atoms with Gasteiger partial charge in [-0.05, 0) is 41.5 Å². The molecule has 1 aliphatic heterocycles. The number of hydrogen-bond acceptors (Lipinski definition) is 5. The predicted molar refractivity (Wildman–Crippen MR) is 128 cm³/mol. The summed E-state index contributed by atoms with van der Waals surface area (Å²) in [5.74, 6) is -1.54. The van der Waals surface area contributed by atoms with Crippen LogP contribution in [0.2, 0.25) is 0 Å². The van der Waals surface area contributed by atoms with E-state index in [1.54, 1.807) is 36.8 Å². The van der Waals surface area contributed by atoms with Gasteiger partial charge in [0, 0.05) is 29.7 Å². The third-order valence-electron chi connectivity index (χ3n) is 5.44. The molecule has 0 saturated carbocycles. The summed E-state index contributed by atoms with van der Waals surface area (Å²) >= 11 is 0. The fourth-order valence-electron chi connectivity index (χ4n) is 3.83. The molecule has 9 heteroatoms. The molecule has 2 N–H and O–H groups in total. The molecule has 0 bridgehead atoms. The van der Waals surface area contributed by atoms with Crippen LogP contribution in [-0.2, 0) is 9.59 Å². The number of halogens is 1. The first-order valence-corrected chi connectivity index (χ1v) is 10.7. The summed E-state index contributed by atoms with van der Waals surface area (Å²) in [7, 11) is 0. The summed E-state index contributed by atoms with van der Waals surface area (Å²) in [5, 5.41) is 12.0. The molecule has 8 nitrogen and oxygen atoms in total.